The van der Waals surface area contributed by atoms with E-state index in [4.69, 9.17) is 4.74 Å². The van der Waals surface area contributed by atoms with Gasteiger partial charge in [-0.05, 0) is 42.8 Å². The van der Waals surface area contributed by atoms with Crippen molar-refractivity contribution in [3.8, 4) is 5.75 Å². The molecule has 118 valence electrons. The Balaban J connectivity index is 1.73. The molecule has 1 aliphatic rings. The molecule has 23 heavy (non-hydrogen) atoms. The first-order chi connectivity index (χ1) is 11.0. The molecule has 1 heterocycles. The molecule has 5 nitrogen and oxygen atoms in total. The van der Waals surface area contributed by atoms with Crippen LogP contribution in [-0.2, 0) is 4.79 Å². The van der Waals surface area contributed by atoms with E-state index in [9.17, 15) is 14.0 Å². The Morgan fingerprint density at radius 1 is 1.26 bits per heavy atom. The van der Waals surface area contributed by atoms with Gasteiger partial charge in [0.1, 0.15) is 11.6 Å². The molecule has 0 bridgehead atoms. The third kappa shape index (κ3) is 3.31. The van der Waals surface area contributed by atoms with Gasteiger partial charge in [0, 0.05) is 5.56 Å². The van der Waals surface area contributed by atoms with Gasteiger partial charge < -0.3 is 15.4 Å². The maximum absolute atomic E-state index is 12.9. The van der Waals surface area contributed by atoms with Gasteiger partial charge in [-0.1, -0.05) is 12.1 Å². The van der Waals surface area contributed by atoms with Crippen LogP contribution in [0.25, 0.3) is 0 Å². The van der Waals surface area contributed by atoms with Crippen molar-refractivity contribution >= 4 is 17.5 Å². The molecule has 3 rings (SSSR count). The Kier molecular flexibility index (Phi) is 3.97. The van der Waals surface area contributed by atoms with Crippen LogP contribution in [0.1, 0.15) is 28.9 Å². The van der Waals surface area contributed by atoms with Gasteiger partial charge in [-0.15, -0.1) is 0 Å². The molecule has 2 aromatic rings. The lowest BCUT2D eigenvalue weighted by atomic mass is 10.1. The normalized spacial score (nSPS) is 14.3. The van der Waals surface area contributed by atoms with Crippen LogP contribution in [-0.4, -0.2) is 18.4 Å². The number of carbonyl (C=O) groups excluding carboxylic acids is 2. The van der Waals surface area contributed by atoms with Crippen LogP contribution >= 0.6 is 0 Å². The topological polar surface area (TPSA) is 67.4 Å². The standard InChI is InChI=1S/C17H15FN2O3/c1-10(11-2-5-13(18)6-3-11)19-17(22)12-4-7-14-15(8-12)23-9-16(21)20-14/h2-8,10H,9H2,1H3,(H,19,22)(H,20,21)/t10-/m1/s1. The second kappa shape index (κ2) is 6.08. The second-order valence-corrected chi connectivity index (χ2v) is 5.29. The van der Waals surface area contributed by atoms with E-state index in [2.05, 4.69) is 10.6 Å². The van der Waals surface area contributed by atoms with Gasteiger partial charge >= 0.3 is 0 Å². The molecular formula is C17H15FN2O3. The number of ether oxygens (including phenoxy) is 1. The number of amides is 2. The minimum absolute atomic E-state index is 0.0654. The van der Waals surface area contributed by atoms with E-state index in [-0.39, 0.29) is 30.3 Å². The van der Waals surface area contributed by atoms with E-state index >= 15 is 0 Å². The predicted molar refractivity (Wildman–Crippen MR) is 82.8 cm³/mol. The van der Waals surface area contributed by atoms with Crippen molar-refractivity contribution in [2.24, 2.45) is 0 Å². The van der Waals surface area contributed by atoms with Crippen LogP contribution in [0, 0.1) is 5.82 Å². The summed E-state index contributed by atoms with van der Waals surface area (Å²) >= 11 is 0. The molecule has 0 unspecified atom stereocenters. The fourth-order valence-electron chi connectivity index (χ4n) is 2.33. The summed E-state index contributed by atoms with van der Waals surface area (Å²) in [6, 6.07) is 10.5. The maximum Gasteiger partial charge on any atom is 0.262 e. The number of hydrogen-bond acceptors (Lipinski definition) is 3. The Labute approximate surface area is 132 Å². The summed E-state index contributed by atoms with van der Waals surface area (Å²) < 4.78 is 18.2. The lowest BCUT2D eigenvalue weighted by Gasteiger charge is -2.19. The Morgan fingerprint density at radius 2 is 2.00 bits per heavy atom. The van der Waals surface area contributed by atoms with Crippen molar-refractivity contribution in [1.82, 2.24) is 5.32 Å². The summed E-state index contributed by atoms with van der Waals surface area (Å²) in [4.78, 5) is 23.5. The number of nitrogens with one attached hydrogen (secondary N) is 2. The van der Waals surface area contributed by atoms with Crippen molar-refractivity contribution in [2.75, 3.05) is 11.9 Å². The zero-order valence-corrected chi connectivity index (χ0v) is 12.4. The predicted octanol–water partition coefficient (Wildman–Crippen LogP) is 2.65. The molecule has 2 N–H and O–H groups in total. The summed E-state index contributed by atoms with van der Waals surface area (Å²) in [7, 11) is 0. The first kappa shape index (κ1) is 15.0. The van der Waals surface area contributed by atoms with Gasteiger partial charge in [0.2, 0.25) is 0 Å². The Hall–Kier alpha value is -2.89. The van der Waals surface area contributed by atoms with Crippen molar-refractivity contribution < 1.29 is 18.7 Å². The molecule has 0 saturated heterocycles. The van der Waals surface area contributed by atoms with Crippen LogP contribution in [0.4, 0.5) is 10.1 Å². The highest BCUT2D eigenvalue weighted by Gasteiger charge is 2.18. The van der Waals surface area contributed by atoms with E-state index in [0.717, 1.165) is 5.56 Å². The molecule has 2 amide bonds. The highest BCUT2D eigenvalue weighted by atomic mass is 19.1. The average Bonchev–Trinajstić information content (AvgIpc) is 2.54. The smallest absolute Gasteiger partial charge is 0.262 e. The number of halogens is 1. The first-order valence-electron chi connectivity index (χ1n) is 7.16. The lowest BCUT2D eigenvalue weighted by Crippen LogP contribution is -2.28. The zero-order valence-electron chi connectivity index (χ0n) is 12.4. The van der Waals surface area contributed by atoms with Crippen LogP contribution in [0.15, 0.2) is 42.5 Å². The average molecular weight is 314 g/mol. The molecule has 0 spiro atoms. The van der Waals surface area contributed by atoms with Crippen LogP contribution in [0.5, 0.6) is 5.75 Å². The fourth-order valence-corrected chi connectivity index (χ4v) is 2.33. The zero-order chi connectivity index (χ0) is 16.4. The molecule has 0 fully saturated rings. The summed E-state index contributed by atoms with van der Waals surface area (Å²) in [5.41, 5.74) is 1.78. The van der Waals surface area contributed by atoms with Gasteiger partial charge in [0.05, 0.1) is 11.7 Å². The molecule has 0 radical (unpaired) electrons. The van der Waals surface area contributed by atoms with Crippen LogP contribution < -0.4 is 15.4 Å². The SMILES string of the molecule is C[C@@H](NC(=O)c1ccc2c(c1)OCC(=O)N2)c1ccc(F)cc1. The van der Waals surface area contributed by atoms with Gasteiger partial charge in [0.15, 0.2) is 6.61 Å². The van der Waals surface area contributed by atoms with Crippen molar-refractivity contribution in [3.05, 3.63) is 59.4 Å². The van der Waals surface area contributed by atoms with E-state index in [1.165, 1.54) is 12.1 Å². The first-order valence-corrected chi connectivity index (χ1v) is 7.16. The van der Waals surface area contributed by atoms with Crippen LogP contribution in [0.3, 0.4) is 0 Å². The molecule has 1 atom stereocenters. The monoisotopic (exact) mass is 314 g/mol. The third-order valence-corrected chi connectivity index (χ3v) is 3.59. The number of carbonyl (C=O) groups is 2. The highest BCUT2D eigenvalue weighted by Crippen LogP contribution is 2.28. The van der Waals surface area contributed by atoms with Gasteiger partial charge in [-0.2, -0.15) is 0 Å². The van der Waals surface area contributed by atoms with E-state index < -0.39 is 0 Å². The minimum Gasteiger partial charge on any atom is -0.482 e. The summed E-state index contributed by atoms with van der Waals surface area (Å²) in [5.74, 6) is -0.349. The fraction of sp³-hybridized carbons (Fsp3) is 0.176. The molecular weight excluding hydrogens is 299 g/mol. The maximum atomic E-state index is 12.9. The van der Waals surface area contributed by atoms with E-state index in [0.29, 0.717) is 17.0 Å². The quantitative estimate of drug-likeness (QED) is 0.915. The van der Waals surface area contributed by atoms with Crippen molar-refractivity contribution in [1.29, 1.82) is 0 Å². The van der Waals surface area contributed by atoms with Gasteiger partial charge in [-0.3, -0.25) is 9.59 Å². The van der Waals surface area contributed by atoms with Crippen LogP contribution in [0.2, 0.25) is 0 Å². The second-order valence-electron chi connectivity index (χ2n) is 5.29. The number of rotatable bonds is 3. The Morgan fingerprint density at radius 3 is 2.74 bits per heavy atom. The summed E-state index contributed by atoms with van der Waals surface area (Å²) in [6.45, 7) is 1.75. The summed E-state index contributed by atoms with van der Waals surface area (Å²) in [6.07, 6.45) is 0. The number of benzene rings is 2. The number of hydrogen-bond donors (Lipinski definition) is 2. The number of fused-ring (bicyclic) bond motifs is 1. The molecule has 2 aromatic carbocycles. The Bertz CT molecular complexity index is 759. The van der Waals surface area contributed by atoms with Gasteiger partial charge in [0.25, 0.3) is 11.8 Å². The lowest BCUT2D eigenvalue weighted by molar-refractivity contribution is -0.118. The number of anilines is 1. The van der Waals surface area contributed by atoms with Gasteiger partial charge in [-0.25, -0.2) is 4.39 Å². The molecule has 0 aliphatic carbocycles. The molecule has 0 aromatic heterocycles. The van der Waals surface area contributed by atoms with E-state index in [1.807, 2.05) is 6.92 Å². The van der Waals surface area contributed by atoms with Crippen molar-refractivity contribution in [3.63, 3.8) is 0 Å². The third-order valence-electron chi connectivity index (χ3n) is 3.59. The van der Waals surface area contributed by atoms with E-state index in [1.54, 1.807) is 30.3 Å². The minimum atomic E-state index is -0.318. The molecule has 1 aliphatic heterocycles. The van der Waals surface area contributed by atoms with Crippen molar-refractivity contribution in [2.45, 2.75) is 13.0 Å². The molecule has 0 saturated carbocycles. The summed E-state index contributed by atoms with van der Waals surface area (Å²) in [5, 5.41) is 5.51. The highest BCUT2D eigenvalue weighted by molar-refractivity contribution is 5.99. The molecule has 6 heteroatoms. The largest absolute Gasteiger partial charge is 0.482 e.